The SMILES string of the molecule is COc1ccc(S(=O)(=O)Nc2ccc(-c3ncnn4cc(-c5cnn(C)c5)cc34)cc2)cc1. The van der Waals surface area contributed by atoms with Gasteiger partial charge < -0.3 is 4.74 Å². The molecule has 0 spiro atoms. The Morgan fingerprint density at radius 3 is 2.33 bits per heavy atom. The van der Waals surface area contributed by atoms with E-state index in [1.54, 1.807) is 39.7 Å². The minimum Gasteiger partial charge on any atom is -0.497 e. The molecule has 0 fully saturated rings. The van der Waals surface area contributed by atoms with Gasteiger partial charge in [0.15, 0.2) is 0 Å². The smallest absolute Gasteiger partial charge is 0.261 e. The summed E-state index contributed by atoms with van der Waals surface area (Å²) in [5.41, 5.74) is 4.83. The predicted molar refractivity (Wildman–Crippen MR) is 124 cm³/mol. The van der Waals surface area contributed by atoms with Crippen molar-refractivity contribution >= 4 is 21.2 Å². The molecule has 1 N–H and O–H groups in total. The topological polar surface area (TPSA) is 103 Å². The summed E-state index contributed by atoms with van der Waals surface area (Å²) in [6.07, 6.45) is 7.15. The summed E-state index contributed by atoms with van der Waals surface area (Å²) in [5, 5.41) is 8.53. The first-order valence-electron chi connectivity index (χ1n) is 10.0. The van der Waals surface area contributed by atoms with Gasteiger partial charge in [-0.25, -0.2) is 17.9 Å². The predicted octanol–water partition coefficient (Wildman–Crippen LogP) is 3.61. The molecule has 0 atom stereocenters. The van der Waals surface area contributed by atoms with Gasteiger partial charge >= 0.3 is 0 Å². The summed E-state index contributed by atoms with van der Waals surface area (Å²) in [4.78, 5) is 4.61. The third-order valence-corrected chi connectivity index (χ3v) is 6.62. The first-order valence-corrected chi connectivity index (χ1v) is 11.5. The normalized spacial score (nSPS) is 11.6. The lowest BCUT2D eigenvalue weighted by molar-refractivity contribution is 0.414. The van der Waals surface area contributed by atoms with E-state index in [0.29, 0.717) is 11.4 Å². The number of benzene rings is 2. The van der Waals surface area contributed by atoms with Crippen molar-refractivity contribution in [2.75, 3.05) is 11.8 Å². The second-order valence-corrected chi connectivity index (χ2v) is 9.11. The van der Waals surface area contributed by atoms with Crippen molar-refractivity contribution in [2.24, 2.45) is 7.05 Å². The minimum atomic E-state index is -3.72. The van der Waals surface area contributed by atoms with Gasteiger partial charge in [0.25, 0.3) is 10.0 Å². The van der Waals surface area contributed by atoms with Crippen LogP contribution in [0.25, 0.3) is 27.9 Å². The number of aromatic nitrogens is 5. The molecule has 5 rings (SSSR count). The van der Waals surface area contributed by atoms with Gasteiger partial charge in [0.1, 0.15) is 12.1 Å². The second kappa shape index (κ2) is 8.06. The van der Waals surface area contributed by atoms with E-state index in [0.717, 1.165) is 27.9 Å². The number of aryl methyl sites for hydroxylation is 1. The van der Waals surface area contributed by atoms with Gasteiger partial charge in [0.2, 0.25) is 0 Å². The lowest BCUT2D eigenvalue weighted by atomic mass is 10.1. The molecule has 0 saturated heterocycles. The Hall–Kier alpha value is -4.18. The molecule has 0 radical (unpaired) electrons. The highest BCUT2D eigenvalue weighted by molar-refractivity contribution is 7.92. The van der Waals surface area contributed by atoms with Crippen molar-refractivity contribution in [3.63, 3.8) is 0 Å². The second-order valence-electron chi connectivity index (χ2n) is 7.43. The highest BCUT2D eigenvalue weighted by Gasteiger charge is 2.15. The fourth-order valence-corrected chi connectivity index (χ4v) is 4.60. The van der Waals surface area contributed by atoms with Crippen LogP contribution in [-0.2, 0) is 17.1 Å². The first kappa shape index (κ1) is 20.7. The standard InChI is InChI=1S/C23H20N6O3S/c1-28-13-18(12-25-28)17-11-22-23(24-15-26-29(22)14-17)16-3-5-19(6-4-16)27-33(30,31)21-9-7-20(32-2)8-10-21/h3-15,27H,1-2H3. The summed E-state index contributed by atoms with van der Waals surface area (Å²) >= 11 is 0. The van der Waals surface area contributed by atoms with Gasteiger partial charge in [-0.05, 0) is 42.5 Å². The molecule has 0 bridgehead atoms. The van der Waals surface area contributed by atoms with Crippen LogP contribution in [0, 0.1) is 0 Å². The molecular formula is C23H20N6O3S. The summed E-state index contributed by atoms with van der Waals surface area (Å²) in [6, 6.07) is 15.3. The molecule has 0 saturated carbocycles. The first-order chi connectivity index (χ1) is 15.9. The number of nitrogens with zero attached hydrogens (tertiary/aromatic N) is 5. The maximum Gasteiger partial charge on any atom is 0.261 e. The maximum atomic E-state index is 12.7. The van der Waals surface area contributed by atoms with Crippen LogP contribution in [0.15, 0.2) is 84.4 Å². The molecule has 0 amide bonds. The Morgan fingerprint density at radius 2 is 1.67 bits per heavy atom. The quantitative estimate of drug-likeness (QED) is 0.415. The van der Waals surface area contributed by atoms with E-state index in [1.165, 1.54) is 25.6 Å². The van der Waals surface area contributed by atoms with Crippen molar-refractivity contribution in [3.8, 4) is 28.1 Å². The van der Waals surface area contributed by atoms with Gasteiger partial charge in [-0.15, -0.1) is 0 Å². The summed E-state index contributed by atoms with van der Waals surface area (Å²) in [7, 11) is -0.319. The molecule has 0 aliphatic rings. The third-order valence-electron chi connectivity index (χ3n) is 5.22. The van der Waals surface area contributed by atoms with Crippen LogP contribution < -0.4 is 9.46 Å². The van der Waals surface area contributed by atoms with E-state index < -0.39 is 10.0 Å². The number of fused-ring (bicyclic) bond motifs is 1. The number of hydrogen-bond donors (Lipinski definition) is 1. The summed E-state index contributed by atoms with van der Waals surface area (Å²) in [5.74, 6) is 0.589. The molecule has 33 heavy (non-hydrogen) atoms. The van der Waals surface area contributed by atoms with Crippen LogP contribution in [-0.4, -0.2) is 39.9 Å². The van der Waals surface area contributed by atoms with Crippen LogP contribution in [0.5, 0.6) is 5.75 Å². The number of nitrogens with one attached hydrogen (secondary N) is 1. The number of anilines is 1. The highest BCUT2D eigenvalue weighted by Crippen LogP contribution is 2.29. The Labute approximate surface area is 190 Å². The van der Waals surface area contributed by atoms with Crippen molar-refractivity contribution in [3.05, 3.63) is 79.5 Å². The Balaban J connectivity index is 1.43. The lowest BCUT2D eigenvalue weighted by Crippen LogP contribution is -2.12. The molecule has 0 aliphatic heterocycles. The Morgan fingerprint density at radius 1 is 0.909 bits per heavy atom. The Kier molecular flexibility index (Phi) is 5.06. The molecule has 166 valence electrons. The molecule has 2 aromatic carbocycles. The average Bonchev–Trinajstić information content (AvgIpc) is 3.45. The van der Waals surface area contributed by atoms with Gasteiger partial charge in [-0.2, -0.15) is 10.2 Å². The zero-order chi connectivity index (χ0) is 23.0. The number of rotatable bonds is 6. The minimum absolute atomic E-state index is 0.154. The highest BCUT2D eigenvalue weighted by atomic mass is 32.2. The summed E-state index contributed by atoms with van der Waals surface area (Å²) in [6.45, 7) is 0. The van der Waals surface area contributed by atoms with Gasteiger partial charge in [0.05, 0.1) is 29.4 Å². The molecular weight excluding hydrogens is 440 g/mol. The summed E-state index contributed by atoms with van der Waals surface area (Å²) < 4.78 is 36.6. The monoisotopic (exact) mass is 460 g/mol. The molecule has 10 heteroatoms. The zero-order valence-corrected chi connectivity index (χ0v) is 18.7. The molecule has 5 aromatic rings. The number of sulfonamides is 1. The number of ether oxygens (including phenoxy) is 1. The lowest BCUT2D eigenvalue weighted by Gasteiger charge is -2.10. The van der Waals surface area contributed by atoms with Crippen LogP contribution in [0.1, 0.15) is 0 Å². The molecule has 0 aliphatic carbocycles. The van der Waals surface area contributed by atoms with Gasteiger partial charge in [-0.3, -0.25) is 9.40 Å². The van der Waals surface area contributed by atoms with Crippen LogP contribution in [0.4, 0.5) is 5.69 Å². The van der Waals surface area contributed by atoms with Crippen molar-refractivity contribution < 1.29 is 13.2 Å². The molecule has 3 heterocycles. The maximum absolute atomic E-state index is 12.7. The van der Waals surface area contributed by atoms with Crippen molar-refractivity contribution in [1.82, 2.24) is 24.4 Å². The van der Waals surface area contributed by atoms with Crippen molar-refractivity contribution in [2.45, 2.75) is 4.90 Å². The Bertz CT molecular complexity index is 1540. The number of hydrogen-bond acceptors (Lipinski definition) is 6. The fourth-order valence-electron chi connectivity index (χ4n) is 3.55. The van der Waals surface area contributed by atoms with Crippen LogP contribution in [0.2, 0.25) is 0 Å². The van der Waals surface area contributed by atoms with E-state index in [-0.39, 0.29) is 4.90 Å². The molecule has 0 unspecified atom stereocenters. The van der Waals surface area contributed by atoms with E-state index in [4.69, 9.17) is 4.74 Å². The van der Waals surface area contributed by atoms with Gasteiger partial charge in [0, 0.05) is 41.8 Å². The molecule has 9 nitrogen and oxygen atoms in total. The van der Waals surface area contributed by atoms with E-state index in [2.05, 4.69) is 19.9 Å². The fraction of sp³-hybridized carbons (Fsp3) is 0.0870. The van der Waals surface area contributed by atoms with Crippen LogP contribution in [0.3, 0.4) is 0 Å². The van der Waals surface area contributed by atoms with Crippen molar-refractivity contribution in [1.29, 1.82) is 0 Å². The zero-order valence-electron chi connectivity index (χ0n) is 17.9. The van der Waals surface area contributed by atoms with E-state index >= 15 is 0 Å². The average molecular weight is 461 g/mol. The van der Waals surface area contributed by atoms with E-state index in [1.807, 2.05) is 37.6 Å². The van der Waals surface area contributed by atoms with Crippen LogP contribution >= 0.6 is 0 Å². The largest absolute Gasteiger partial charge is 0.497 e. The molecule has 3 aromatic heterocycles. The van der Waals surface area contributed by atoms with Gasteiger partial charge in [-0.1, -0.05) is 12.1 Å². The van der Waals surface area contributed by atoms with E-state index in [9.17, 15) is 8.42 Å². The number of methoxy groups -OCH3 is 1. The third kappa shape index (κ3) is 4.03.